The van der Waals surface area contributed by atoms with Crippen molar-refractivity contribution in [2.24, 2.45) is 0 Å². The summed E-state index contributed by atoms with van der Waals surface area (Å²) in [6.45, 7) is 7.95. The SMILES string of the molecule is [C-]#[N+]c1c(NC(=O)OC2Cc3ccccc3C2)ncc2c1-c1ccccc1C(c1ccc(Cl)c(Cl)c1)C2. The van der Waals surface area contributed by atoms with Crippen LogP contribution in [0.3, 0.4) is 0 Å². The van der Waals surface area contributed by atoms with E-state index in [0.29, 0.717) is 35.0 Å². The van der Waals surface area contributed by atoms with Gasteiger partial charge in [-0.2, -0.15) is 0 Å². The molecule has 182 valence electrons. The van der Waals surface area contributed by atoms with E-state index in [1.165, 1.54) is 11.1 Å². The number of ether oxygens (including phenoxy) is 1. The number of pyridine rings is 1. The van der Waals surface area contributed by atoms with Gasteiger partial charge in [-0.25, -0.2) is 9.64 Å². The van der Waals surface area contributed by atoms with Crippen molar-refractivity contribution in [2.75, 3.05) is 5.32 Å². The average molecular weight is 526 g/mol. The van der Waals surface area contributed by atoms with E-state index in [1.807, 2.05) is 48.5 Å². The standard InChI is InChI=1S/C30H21Cl2N3O2/c1-33-28-27-20(14-24(22-8-4-5-9-23(22)27)19-10-11-25(31)26(32)15-19)16-34-29(28)35-30(36)37-21-12-17-6-2-3-7-18(17)13-21/h2-11,15-16,21,24H,12-14H2,(H,34,35,36). The number of carbonyl (C=O) groups is 1. The Balaban J connectivity index is 1.30. The van der Waals surface area contributed by atoms with Crippen LogP contribution in [0.2, 0.25) is 10.0 Å². The van der Waals surface area contributed by atoms with Gasteiger partial charge in [0.2, 0.25) is 5.69 Å². The van der Waals surface area contributed by atoms with E-state index in [1.54, 1.807) is 6.20 Å². The number of hydrogen-bond donors (Lipinski definition) is 1. The summed E-state index contributed by atoms with van der Waals surface area (Å²) >= 11 is 12.5. The van der Waals surface area contributed by atoms with Crippen molar-refractivity contribution in [1.29, 1.82) is 0 Å². The van der Waals surface area contributed by atoms with Gasteiger partial charge in [0.25, 0.3) is 0 Å². The summed E-state index contributed by atoms with van der Waals surface area (Å²) in [5, 5.41) is 3.75. The van der Waals surface area contributed by atoms with Crippen molar-refractivity contribution in [3.05, 3.63) is 122 Å². The molecule has 4 aromatic rings. The van der Waals surface area contributed by atoms with E-state index < -0.39 is 6.09 Å². The minimum Gasteiger partial charge on any atom is -0.445 e. The van der Waals surface area contributed by atoms with Crippen LogP contribution < -0.4 is 5.32 Å². The third-order valence-electron chi connectivity index (χ3n) is 7.13. The molecule has 0 spiro atoms. The van der Waals surface area contributed by atoms with E-state index in [-0.39, 0.29) is 17.8 Å². The molecule has 2 aliphatic rings. The van der Waals surface area contributed by atoms with Gasteiger partial charge < -0.3 is 4.74 Å². The summed E-state index contributed by atoms with van der Waals surface area (Å²) in [5.74, 6) is 0.240. The van der Waals surface area contributed by atoms with Crippen LogP contribution in [0.5, 0.6) is 0 Å². The summed E-state index contributed by atoms with van der Waals surface area (Å²) in [4.78, 5) is 21.1. The molecule has 1 heterocycles. The number of nitrogens with one attached hydrogen (secondary N) is 1. The molecule has 0 aliphatic heterocycles. The molecule has 0 fully saturated rings. The van der Waals surface area contributed by atoms with Crippen LogP contribution in [-0.2, 0) is 24.0 Å². The number of fused-ring (bicyclic) bond motifs is 4. The first-order chi connectivity index (χ1) is 18.0. The molecular weight excluding hydrogens is 505 g/mol. The quantitative estimate of drug-likeness (QED) is 0.275. The van der Waals surface area contributed by atoms with E-state index >= 15 is 0 Å². The van der Waals surface area contributed by atoms with E-state index in [0.717, 1.165) is 27.8 Å². The molecule has 0 radical (unpaired) electrons. The number of rotatable bonds is 3. The maximum absolute atomic E-state index is 12.8. The second-order valence-corrected chi connectivity index (χ2v) is 10.1. The van der Waals surface area contributed by atoms with Gasteiger partial charge in [-0.15, -0.1) is 0 Å². The number of anilines is 1. The number of halogens is 2. The number of aromatic nitrogens is 1. The van der Waals surface area contributed by atoms with Gasteiger partial charge in [0.1, 0.15) is 11.9 Å². The molecule has 1 amide bonds. The fraction of sp³-hybridized carbons (Fsp3) is 0.167. The first kappa shape index (κ1) is 23.5. The predicted molar refractivity (Wildman–Crippen MR) is 146 cm³/mol. The van der Waals surface area contributed by atoms with Crippen molar-refractivity contribution < 1.29 is 9.53 Å². The van der Waals surface area contributed by atoms with E-state index in [4.69, 9.17) is 34.5 Å². The molecule has 5 nitrogen and oxygen atoms in total. The lowest BCUT2D eigenvalue weighted by Gasteiger charge is -2.29. The molecule has 7 heteroatoms. The number of hydrogen-bond acceptors (Lipinski definition) is 3. The smallest absolute Gasteiger partial charge is 0.412 e. The molecule has 37 heavy (non-hydrogen) atoms. The van der Waals surface area contributed by atoms with E-state index in [2.05, 4.69) is 33.3 Å². The van der Waals surface area contributed by atoms with Crippen LogP contribution in [0, 0.1) is 6.57 Å². The van der Waals surface area contributed by atoms with Crippen LogP contribution >= 0.6 is 23.2 Å². The minimum absolute atomic E-state index is 0.0339. The zero-order valence-corrected chi connectivity index (χ0v) is 21.2. The molecule has 0 saturated carbocycles. The molecule has 1 atom stereocenters. The number of nitrogens with zero attached hydrogens (tertiary/aromatic N) is 2. The third-order valence-corrected chi connectivity index (χ3v) is 7.87. The van der Waals surface area contributed by atoms with Crippen LogP contribution in [0.4, 0.5) is 16.3 Å². The fourth-order valence-electron chi connectivity index (χ4n) is 5.46. The predicted octanol–water partition coefficient (Wildman–Crippen LogP) is 8.01. The monoisotopic (exact) mass is 525 g/mol. The summed E-state index contributed by atoms with van der Waals surface area (Å²) < 4.78 is 5.69. The summed E-state index contributed by atoms with van der Waals surface area (Å²) in [7, 11) is 0. The van der Waals surface area contributed by atoms with Gasteiger partial charge >= 0.3 is 6.09 Å². The average Bonchev–Trinajstić information content (AvgIpc) is 3.32. The molecule has 1 aromatic heterocycles. The molecular formula is C30H21Cl2N3O2. The lowest BCUT2D eigenvalue weighted by Crippen LogP contribution is -2.23. The Morgan fingerprint density at radius 1 is 0.946 bits per heavy atom. The Morgan fingerprint density at radius 3 is 2.41 bits per heavy atom. The molecule has 6 rings (SSSR count). The zero-order valence-electron chi connectivity index (χ0n) is 19.7. The Morgan fingerprint density at radius 2 is 1.68 bits per heavy atom. The van der Waals surface area contributed by atoms with Gasteiger partial charge in [-0.05, 0) is 57.5 Å². The fourth-order valence-corrected chi connectivity index (χ4v) is 5.77. The first-order valence-corrected chi connectivity index (χ1v) is 12.8. The van der Waals surface area contributed by atoms with Crippen molar-refractivity contribution in [2.45, 2.75) is 31.3 Å². The molecule has 0 bridgehead atoms. The van der Waals surface area contributed by atoms with Crippen LogP contribution in [0.1, 0.15) is 33.7 Å². The van der Waals surface area contributed by atoms with Gasteiger partial charge in [0.15, 0.2) is 0 Å². The summed E-state index contributed by atoms with van der Waals surface area (Å²) in [6, 6.07) is 21.8. The Bertz CT molecular complexity index is 1570. The minimum atomic E-state index is -0.604. The normalized spacial score (nSPS) is 15.8. The maximum atomic E-state index is 12.8. The molecule has 0 saturated heterocycles. The van der Waals surface area contributed by atoms with Crippen molar-refractivity contribution in [1.82, 2.24) is 4.98 Å². The lowest BCUT2D eigenvalue weighted by molar-refractivity contribution is 0.116. The van der Waals surface area contributed by atoms with Crippen LogP contribution in [0.15, 0.2) is 72.9 Å². The zero-order chi connectivity index (χ0) is 25.5. The van der Waals surface area contributed by atoms with Crippen molar-refractivity contribution >= 4 is 40.8 Å². The highest BCUT2D eigenvalue weighted by Gasteiger charge is 2.31. The van der Waals surface area contributed by atoms with Crippen LogP contribution in [0.25, 0.3) is 16.0 Å². The highest BCUT2D eigenvalue weighted by Crippen LogP contribution is 2.48. The summed E-state index contributed by atoms with van der Waals surface area (Å²) in [5.41, 5.74) is 7.50. The second-order valence-electron chi connectivity index (χ2n) is 9.31. The lowest BCUT2D eigenvalue weighted by atomic mass is 9.76. The molecule has 3 aromatic carbocycles. The highest BCUT2D eigenvalue weighted by molar-refractivity contribution is 6.42. The molecule has 1 unspecified atom stereocenters. The molecule has 1 N–H and O–H groups in total. The van der Waals surface area contributed by atoms with Crippen molar-refractivity contribution in [3.8, 4) is 11.1 Å². The Hall–Kier alpha value is -3.85. The van der Waals surface area contributed by atoms with E-state index in [9.17, 15) is 4.79 Å². The number of amides is 1. The number of carbonyl (C=O) groups excluding carboxylic acids is 1. The van der Waals surface area contributed by atoms with Gasteiger partial charge in [-0.1, -0.05) is 77.8 Å². The van der Waals surface area contributed by atoms with Gasteiger partial charge in [-0.3, -0.25) is 10.3 Å². The summed E-state index contributed by atoms with van der Waals surface area (Å²) in [6.07, 6.45) is 2.91. The van der Waals surface area contributed by atoms with Crippen LogP contribution in [-0.4, -0.2) is 17.2 Å². The largest absolute Gasteiger partial charge is 0.445 e. The maximum Gasteiger partial charge on any atom is 0.412 e. The first-order valence-electron chi connectivity index (χ1n) is 12.0. The Labute approximate surface area is 224 Å². The van der Waals surface area contributed by atoms with Crippen molar-refractivity contribution in [3.63, 3.8) is 0 Å². The van der Waals surface area contributed by atoms with Gasteiger partial charge in [0, 0.05) is 25.0 Å². The second kappa shape index (κ2) is 9.55. The van der Waals surface area contributed by atoms with Gasteiger partial charge in [0.05, 0.1) is 16.6 Å². The molecule has 2 aliphatic carbocycles. The Kier molecular flexibility index (Phi) is 6.08. The number of benzene rings is 3. The highest BCUT2D eigenvalue weighted by atomic mass is 35.5. The topological polar surface area (TPSA) is 55.6 Å². The third kappa shape index (κ3) is 4.33.